The Labute approximate surface area is 163 Å². The molecule has 0 fully saturated rings. The molecular weight excluding hydrogens is 494 g/mol. The number of rotatable bonds is 5. The van der Waals surface area contributed by atoms with Gasteiger partial charge in [0.25, 0.3) is 11.0 Å². The lowest BCUT2D eigenvalue weighted by Gasteiger charge is -2.46. The van der Waals surface area contributed by atoms with Gasteiger partial charge in [0, 0.05) is 0 Å². The summed E-state index contributed by atoms with van der Waals surface area (Å²) in [5.41, 5.74) is 0. The molecule has 0 spiro atoms. The SMILES string of the molecule is O=COC(Cl)(Cl)C(Cl)(Cl)C(Cl)(Cl)C(Cl)(Cl)C(Cl)(Cl)Cl. The normalized spacial score (nSPS) is 15.3. The molecule has 0 radical (unpaired) electrons. The van der Waals surface area contributed by atoms with Crippen molar-refractivity contribution >= 4 is 134 Å². The van der Waals surface area contributed by atoms with Crippen LogP contribution in [-0.4, -0.2) is 27.8 Å². The highest BCUT2D eigenvalue weighted by Gasteiger charge is 2.74. The zero-order valence-electron chi connectivity index (χ0n) is 8.05. The van der Waals surface area contributed by atoms with E-state index in [0.29, 0.717) is 0 Å². The first-order valence-electron chi connectivity index (χ1n) is 3.75. The van der Waals surface area contributed by atoms with Crippen molar-refractivity contribution in [3.8, 4) is 0 Å². The molecule has 0 amide bonds. The van der Waals surface area contributed by atoms with Crippen molar-refractivity contribution in [1.29, 1.82) is 0 Å². The summed E-state index contributed by atoms with van der Waals surface area (Å²) in [5.74, 6) is 0. The summed E-state index contributed by atoms with van der Waals surface area (Å²) in [5, 5.41) is 0. The molecule has 0 heterocycles. The molecule has 0 aliphatic carbocycles. The standard InChI is InChI=1S/C6HCl11O2/c7-2(8,3(9,10)5(13,14)15)4(11,12)6(16,17)19-1-18/h1H. The Morgan fingerprint density at radius 1 is 0.632 bits per heavy atom. The minimum absolute atomic E-state index is 0.164. The van der Waals surface area contributed by atoms with Gasteiger partial charge in [0.05, 0.1) is 0 Å². The Morgan fingerprint density at radius 2 is 1.00 bits per heavy atom. The highest BCUT2D eigenvalue weighted by molar-refractivity contribution is 6.81. The topological polar surface area (TPSA) is 26.3 Å². The van der Waals surface area contributed by atoms with Crippen LogP contribution in [0.2, 0.25) is 0 Å². The minimum Gasteiger partial charge on any atom is -0.427 e. The molecule has 0 aromatic carbocycles. The highest BCUT2D eigenvalue weighted by atomic mass is 35.6. The molecule has 0 saturated heterocycles. The molecule has 0 unspecified atom stereocenters. The Morgan fingerprint density at radius 3 is 1.26 bits per heavy atom. The van der Waals surface area contributed by atoms with Gasteiger partial charge in [0.15, 0.2) is 4.33 Å². The van der Waals surface area contributed by atoms with Gasteiger partial charge in [0.2, 0.25) is 12.5 Å². The van der Waals surface area contributed by atoms with Crippen LogP contribution in [0.25, 0.3) is 0 Å². The molecule has 19 heavy (non-hydrogen) atoms. The van der Waals surface area contributed by atoms with Gasteiger partial charge in [-0.05, 0) is 0 Å². The summed E-state index contributed by atoms with van der Waals surface area (Å²) in [4.78, 5) is 10.3. The van der Waals surface area contributed by atoms with E-state index in [-0.39, 0.29) is 6.47 Å². The number of carbonyl (C=O) groups is 1. The van der Waals surface area contributed by atoms with Crippen molar-refractivity contribution in [2.45, 2.75) is 21.3 Å². The van der Waals surface area contributed by atoms with Crippen molar-refractivity contribution in [3.63, 3.8) is 0 Å². The second kappa shape index (κ2) is 6.65. The maximum atomic E-state index is 10.3. The molecular formula is C6HCl11O2. The third-order valence-electron chi connectivity index (χ3n) is 1.71. The van der Waals surface area contributed by atoms with Crippen LogP contribution in [0.1, 0.15) is 0 Å². The maximum Gasteiger partial charge on any atom is 0.297 e. The molecule has 2 nitrogen and oxygen atoms in total. The summed E-state index contributed by atoms with van der Waals surface area (Å²) in [6.07, 6.45) is 0. The molecule has 0 rings (SSSR count). The number of hydrogen-bond acceptors (Lipinski definition) is 2. The van der Waals surface area contributed by atoms with Crippen LogP contribution in [0, 0.1) is 0 Å². The Balaban J connectivity index is 5.83. The summed E-state index contributed by atoms with van der Waals surface area (Å²) in [7, 11) is 0. The van der Waals surface area contributed by atoms with Gasteiger partial charge in [-0.2, -0.15) is 0 Å². The van der Waals surface area contributed by atoms with Gasteiger partial charge in [-0.3, -0.25) is 4.79 Å². The molecule has 0 aliphatic heterocycles. The van der Waals surface area contributed by atoms with Crippen LogP contribution >= 0.6 is 128 Å². The molecule has 0 N–H and O–H groups in total. The van der Waals surface area contributed by atoms with Gasteiger partial charge in [0.1, 0.15) is 0 Å². The van der Waals surface area contributed by atoms with E-state index >= 15 is 0 Å². The van der Waals surface area contributed by atoms with E-state index in [1.54, 1.807) is 0 Å². The van der Waals surface area contributed by atoms with Crippen LogP contribution in [0.15, 0.2) is 0 Å². The molecule has 13 heteroatoms. The smallest absolute Gasteiger partial charge is 0.297 e. The number of alkyl halides is 11. The molecule has 0 aromatic heterocycles. The first kappa shape index (κ1) is 21.7. The number of carbonyl (C=O) groups excluding carboxylic acids is 1. The zero-order valence-corrected chi connectivity index (χ0v) is 16.4. The van der Waals surface area contributed by atoms with Crippen LogP contribution in [0.4, 0.5) is 0 Å². The lowest BCUT2D eigenvalue weighted by Crippen LogP contribution is -2.62. The predicted molar refractivity (Wildman–Crippen MR) is 85.2 cm³/mol. The predicted octanol–water partition coefficient (Wildman–Crippen LogP) is 6.18. The number of hydrogen-bond donors (Lipinski definition) is 0. The second-order valence-electron chi connectivity index (χ2n) is 2.95. The number of halogens is 11. The molecule has 114 valence electrons. The first-order valence-corrected chi connectivity index (χ1v) is 7.91. The fourth-order valence-electron chi connectivity index (χ4n) is 0.692. The fraction of sp³-hybridized carbons (Fsp3) is 0.833. The van der Waals surface area contributed by atoms with E-state index < -0.39 is 21.3 Å². The number of ether oxygens (including phenoxy) is 1. The summed E-state index contributed by atoms with van der Waals surface area (Å²) in [6, 6.07) is 0. The molecule has 0 saturated carbocycles. The first-order chi connectivity index (χ1) is 8.06. The zero-order chi connectivity index (χ0) is 15.9. The van der Waals surface area contributed by atoms with Crippen molar-refractivity contribution in [2.75, 3.05) is 0 Å². The summed E-state index contributed by atoms with van der Waals surface area (Å²) >= 11 is 62.6. The summed E-state index contributed by atoms with van der Waals surface area (Å²) in [6.45, 7) is -0.164. The highest BCUT2D eigenvalue weighted by Crippen LogP contribution is 2.66. The quantitative estimate of drug-likeness (QED) is 0.337. The van der Waals surface area contributed by atoms with Crippen LogP contribution in [0.5, 0.6) is 0 Å². The van der Waals surface area contributed by atoms with Crippen LogP contribution < -0.4 is 0 Å². The van der Waals surface area contributed by atoms with E-state index in [4.69, 9.17) is 128 Å². The third kappa shape index (κ3) is 3.95. The van der Waals surface area contributed by atoms with Crippen molar-refractivity contribution in [2.24, 2.45) is 0 Å². The molecule has 0 aliphatic rings. The van der Waals surface area contributed by atoms with Crippen molar-refractivity contribution in [1.82, 2.24) is 0 Å². The Bertz CT molecular complexity index is 344. The van der Waals surface area contributed by atoms with Gasteiger partial charge in [-0.15, -0.1) is 0 Å². The van der Waals surface area contributed by atoms with Gasteiger partial charge in [-0.25, -0.2) is 0 Å². The van der Waals surface area contributed by atoms with Crippen molar-refractivity contribution < 1.29 is 9.53 Å². The van der Waals surface area contributed by atoms with Gasteiger partial charge >= 0.3 is 0 Å². The monoisotopic (exact) mass is 490 g/mol. The van der Waals surface area contributed by atoms with E-state index in [9.17, 15) is 4.79 Å². The second-order valence-corrected chi connectivity index (χ2v) is 10.5. The van der Waals surface area contributed by atoms with E-state index in [2.05, 4.69) is 4.74 Å². The van der Waals surface area contributed by atoms with Gasteiger partial charge < -0.3 is 4.74 Å². The van der Waals surface area contributed by atoms with E-state index in [0.717, 1.165) is 0 Å². The Kier molecular flexibility index (Phi) is 7.58. The average Bonchev–Trinajstić information content (AvgIpc) is 2.14. The molecule has 0 aromatic rings. The maximum absolute atomic E-state index is 10.3. The van der Waals surface area contributed by atoms with Gasteiger partial charge in [-0.1, -0.05) is 128 Å². The van der Waals surface area contributed by atoms with Crippen LogP contribution in [0.3, 0.4) is 0 Å². The lowest BCUT2D eigenvalue weighted by molar-refractivity contribution is -0.132. The van der Waals surface area contributed by atoms with E-state index in [1.807, 2.05) is 0 Å². The largest absolute Gasteiger partial charge is 0.427 e. The third-order valence-corrected chi connectivity index (χ3v) is 8.41. The van der Waals surface area contributed by atoms with Crippen LogP contribution in [-0.2, 0) is 9.53 Å². The lowest BCUT2D eigenvalue weighted by atomic mass is 10.2. The Hall–Kier alpha value is 2.66. The molecule has 0 atom stereocenters. The molecule has 0 bridgehead atoms. The minimum atomic E-state index is -2.68. The average molecular weight is 495 g/mol. The fourth-order valence-corrected chi connectivity index (χ4v) is 3.36. The summed E-state index contributed by atoms with van der Waals surface area (Å²) < 4.78 is -8.77. The van der Waals surface area contributed by atoms with E-state index in [1.165, 1.54) is 0 Å². The van der Waals surface area contributed by atoms with Crippen molar-refractivity contribution in [3.05, 3.63) is 0 Å².